The minimum atomic E-state index is -0.533. The van der Waals surface area contributed by atoms with E-state index in [2.05, 4.69) is 31.9 Å². The van der Waals surface area contributed by atoms with Gasteiger partial charge in [0, 0.05) is 16.4 Å². The van der Waals surface area contributed by atoms with Crippen LogP contribution in [0.2, 0.25) is 0 Å². The Hall–Kier alpha value is -1.18. The molecule has 0 aliphatic rings. The van der Waals surface area contributed by atoms with Crippen LogP contribution in [0.15, 0.2) is 44.0 Å². The fourth-order valence-electron chi connectivity index (χ4n) is 1.80. The molecule has 0 fully saturated rings. The highest BCUT2D eigenvalue weighted by Crippen LogP contribution is 2.22. The van der Waals surface area contributed by atoms with Crippen LogP contribution in [0.4, 0.5) is 0 Å². The van der Waals surface area contributed by atoms with Crippen LogP contribution in [-0.4, -0.2) is 23.3 Å². The largest absolute Gasteiger partial charge is 0.368 e. The molecule has 7 heteroatoms. The second-order valence-corrected chi connectivity index (χ2v) is 7.60. The predicted octanol–water partition coefficient (Wildman–Crippen LogP) is 3.40. The van der Waals surface area contributed by atoms with Gasteiger partial charge in [0.1, 0.15) is 0 Å². The summed E-state index contributed by atoms with van der Waals surface area (Å²) < 4.78 is 1.83. The quantitative estimate of drug-likeness (QED) is 0.788. The first-order chi connectivity index (χ1) is 9.95. The average molecular weight is 432 g/mol. The SMILES string of the molecule is NC(=O)CN(Cc1ccc(Br)cc1)C(=O)c1csc(Br)c1. The van der Waals surface area contributed by atoms with Gasteiger partial charge in [-0.15, -0.1) is 11.3 Å². The van der Waals surface area contributed by atoms with E-state index in [9.17, 15) is 9.59 Å². The molecule has 110 valence electrons. The minimum absolute atomic E-state index is 0.109. The molecule has 1 aromatic carbocycles. The molecule has 2 rings (SSSR count). The summed E-state index contributed by atoms with van der Waals surface area (Å²) in [6, 6.07) is 9.32. The van der Waals surface area contributed by atoms with Crippen molar-refractivity contribution in [2.75, 3.05) is 6.54 Å². The monoisotopic (exact) mass is 430 g/mol. The molecule has 0 aliphatic heterocycles. The number of carbonyl (C=O) groups is 2. The molecule has 0 saturated carbocycles. The molecule has 0 saturated heterocycles. The lowest BCUT2D eigenvalue weighted by atomic mass is 10.2. The number of thiophene rings is 1. The second-order valence-electron chi connectivity index (χ2n) is 4.39. The van der Waals surface area contributed by atoms with Crippen molar-refractivity contribution in [2.24, 2.45) is 5.73 Å². The summed E-state index contributed by atoms with van der Waals surface area (Å²) in [5.74, 6) is -0.742. The zero-order valence-corrected chi connectivity index (χ0v) is 14.9. The maximum atomic E-state index is 12.5. The van der Waals surface area contributed by atoms with E-state index in [1.54, 1.807) is 11.4 Å². The van der Waals surface area contributed by atoms with E-state index in [1.165, 1.54) is 16.2 Å². The van der Waals surface area contributed by atoms with Crippen LogP contribution in [0.25, 0.3) is 0 Å². The van der Waals surface area contributed by atoms with Gasteiger partial charge in [0.05, 0.1) is 15.9 Å². The van der Waals surface area contributed by atoms with Crippen LogP contribution in [0.3, 0.4) is 0 Å². The van der Waals surface area contributed by atoms with Crippen LogP contribution in [-0.2, 0) is 11.3 Å². The summed E-state index contributed by atoms with van der Waals surface area (Å²) in [6.45, 7) is 0.227. The highest BCUT2D eigenvalue weighted by Gasteiger charge is 2.19. The van der Waals surface area contributed by atoms with Crippen molar-refractivity contribution in [3.8, 4) is 0 Å². The lowest BCUT2D eigenvalue weighted by Crippen LogP contribution is -2.37. The van der Waals surface area contributed by atoms with Crippen LogP contribution in [0.1, 0.15) is 15.9 Å². The number of primary amides is 1. The summed E-state index contributed by atoms with van der Waals surface area (Å²) in [5, 5.41) is 1.75. The first-order valence-electron chi connectivity index (χ1n) is 6.02. The lowest BCUT2D eigenvalue weighted by Gasteiger charge is -2.20. The highest BCUT2D eigenvalue weighted by molar-refractivity contribution is 9.11. The highest BCUT2D eigenvalue weighted by atomic mass is 79.9. The lowest BCUT2D eigenvalue weighted by molar-refractivity contribution is -0.118. The summed E-state index contributed by atoms with van der Waals surface area (Å²) in [7, 11) is 0. The second kappa shape index (κ2) is 7.20. The van der Waals surface area contributed by atoms with Gasteiger partial charge in [-0.1, -0.05) is 28.1 Å². The first-order valence-corrected chi connectivity index (χ1v) is 8.48. The van der Waals surface area contributed by atoms with Gasteiger partial charge in [0.2, 0.25) is 5.91 Å². The maximum absolute atomic E-state index is 12.5. The fourth-order valence-corrected chi connectivity index (χ4v) is 3.20. The van der Waals surface area contributed by atoms with E-state index >= 15 is 0 Å². The van der Waals surface area contributed by atoms with E-state index in [0.717, 1.165) is 13.8 Å². The minimum Gasteiger partial charge on any atom is -0.368 e. The number of amides is 2. The zero-order valence-electron chi connectivity index (χ0n) is 10.9. The molecular formula is C14H12Br2N2O2S. The Morgan fingerprint density at radius 1 is 1.19 bits per heavy atom. The third-order valence-corrected chi connectivity index (χ3v) is 4.77. The van der Waals surface area contributed by atoms with Crippen molar-refractivity contribution in [3.63, 3.8) is 0 Å². The number of nitrogens with zero attached hydrogens (tertiary/aromatic N) is 1. The molecule has 0 unspecified atom stereocenters. The summed E-state index contributed by atoms with van der Waals surface area (Å²) in [4.78, 5) is 25.1. The maximum Gasteiger partial charge on any atom is 0.255 e. The molecule has 0 atom stereocenters. The summed E-state index contributed by atoms with van der Waals surface area (Å²) in [5.41, 5.74) is 6.72. The van der Waals surface area contributed by atoms with Crippen molar-refractivity contribution in [2.45, 2.75) is 6.54 Å². The van der Waals surface area contributed by atoms with E-state index in [4.69, 9.17) is 5.73 Å². The molecule has 4 nitrogen and oxygen atoms in total. The van der Waals surface area contributed by atoms with Crippen molar-refractivity contribution in [1.82, 2.24) is 4.90 Å². The van der Waals surface area contributed by atoms with Gasteiger partial charge in [-0.2, -0.15) is 0 Å². The number of nitrogens with two attached hydrogens (primary N) is 1. The topological polar surface area (TPSA) is 63.4 Å². The van der Waals surface area contributed by atoms with E-state index in [0.29, 0.717) is 12.1 Å². The van der Waals surface area contributed by atoms with Gasteiger partial charge in [-0.3, -0.25) is 9.59 Å². The molecule has 1 aromatic heterocycles. The molecule has 0 aliphatic carbocycles. The molecule has 21 heavy (non-hydrogen) atoms. The third kappa shape index (κ3) is 4.66. The number of benzene rings is 1. The summed E-state index contributed by atoms with van der Waals surface area (Å²) in [6.07, 6.45) is 0. The number of carbonyl (C=O) groups excluding carboxylic acids is 2. The molecule has 2 aromatic rings. The van der Waals surface area contributed by atoms with Crippen LogP contribution < -0.4 is 5.73 Å². The van der Waals surface area contributed by atoms with Crippen molar-refractivity contribution in [1.29, 1.82) is 0 Å². The normalized spacial score (nSPS) is 10.4. The van der Waals surface area contributed by atoms with Crippen molar-refractivity contribution in [3.05, 3.63) is 55.1 Å². The molecule has 0 bridgehead atoms. The Bertz CT molecular complexity index is 655. The van der Waals surface area contributed by atoms with Gasteiger partial charge in [-0.25, -0.2) is 0 Å². The van der Waals surface area contributed by atoms with Gasteiger partial charge < -0.3 is 10.6 Å². The molecule has 2 amide bonds. The van der Waals surface area contributed by atoms with Crippen molar-refractivity contribution >= 4 is 55.0 Å². The number of halogens is 2. The van der Waals surface area contributed by atoms with Crippen molar-refractivity contribution < 1.29 is 9.59 Å². The Balaban J connectivity index is 2.19. The van der Waals surface area contributed by atoms with Gasteiger partial charge in [0.15, 0.2) is 0 Å². The number of hydrogen-bond donors (Lipinski definition) is 1. The molecule has 0 radical (unpaired) electrons. The van der Waals surface area contributed by atoms with Crippen LogP contribution >= 0.6 is 43.2 Å². The zero-order chi connectivity index (χ0) is 15.4. The van der Waals surface area contributed by atoms with Crippen LogP contribution in [0.5, 0.6) is 0 Å². The van der Waals surface area contributed by atoms with Gasteiger partial charge in [-0.05, 0) is 39.7 Å². The Kier molecular flexibility index (Phi) is 5.55. The summed E-state index contributed by atoms with van der Waals surface area (Å²) >= 11 is 8.11. The standard InChI is InChI=1S/C14H12Br2N2O2S/c15-11-3-1-9(2-4-11)6-18(7-13(17)19)14(20)10-5-12(16)21-8-10/h1-5,8H,6-7H2,(H2,17,19). The van der Waals surface area contributed by atoms with E-state index in [-0.39, 0.29) is 12.5 Å². The van der Waals surface area contributed by atoms with E-state index < -0.39 is 5.91 Å². The smallest absolute Gasteiger partial charge is 0.255 e. The molecule has 1 heterocycles. The average Bonchev–Trinajstić information content (AvgIpc) is 2.86. The Morgan fingerprint density at radius 2 is 1.86 bits per heavy atom. The fraction of sp³-hybridized carbons (Fsp3) is 0.143. The van der Waals surface area contributed by atoms with Gasteiger partial charge >= 0.3 is 0 Å². The van der Waals surface area contributed by atoms with Crippen LogP contribution in [0, 0.1) is 0 Å². The first kappa shape index (κ1) is 16.2. The molecular weight excluding hydrogens is 420 g/mol. The van der Waals surface area contributed by atoms with E-state index in [1.807, 2.05) is 24.3 Å². The Labute approximate surface area is 143 Å². The third-order valence-electron chi connectivity index (χ3n) is 2.74. The molecule has 0 spiro atoms. The number of hydrogen-bond acceptors (Lipinski definition) is 3. The van der Waals surface area contributed by atoms with Gasteiger partial charge in [0.25, 0.3) is 5.91 Å². The predicted molar refractivity (Wildman–Crippen MR) is 90.1 cm³/mol. The number of rotatable bonds is 5. The Morgan fingerprint density at radius 3 is 2.38 bits per heavy atom. The molecule has 2 N–H and O–H groups in total.